The quantitative estimate of drug-likeness (QED) is 0.345. The van der Waals surface area contributed by atoms with Crippen molar-refractivity contribution in [3.8, 4) is 11.3 Å². The maximum absolute atomic E-state index is 13.1. The Balaban J connectivity index is 1.53. The SMILES string of the molecule is Cc1cc(-c2cc(C(=O)OCc3nc4ccccc4o3)c3cnn(C(C)C)c3n2)c(C)o1. The summed E-state index contributed by atoms with van der Waals surface area (Å²) in [5.41, 5.74) is 3.82. The molecule has 0 aliphatic carbocycles. The number of nitrogens with zero attached hydrogens (tertiary/aromatic N) is 4. The van der Waals surface area contributed by atoms with E-state index in [-0.39, 0.29) is 12.6 Å². The van der Waals surface area contributed by atoms with Gasteiger partial charge in [0.15, 0.2) is 17.8 Å². The molecule has 4 aromatic heterocycles. The van der Waals surface area contributed by atoms with E-state index in [1.165, 1.54) is 0 Å². The third kappa shape index (κ3) is 3.43. The Bertz CT molecular complexity index is 1420. The molecule has 0 atom stereocenters. The predicted octanol–water partition coefficient (Wildman–Crippen LogP) is 5.39. The van der Waals surface area contributed by atoms with Gasteiger partial charge in [-0.15, -0.1) is 0 Å². The van der Waals surface area contributed by atoms with E-state index in [0.717, 1.165) is 22.6 Å². The number of furan rings is 1. The van der Waals surface area contributed by atoms with Crippen molar-refractivity contribution >= 4 is 28.1 Å². The van der Waals surface area contributed by atoms with E-state index < -0.39 is 5.97 Å². The molecule has 5 aromatic rings. The van der Waals surface area contributed by atoms with Crippen LogP contribution in [0.1, 0.15) is 47.7 Å². The van der Waals surface area contributed by atoms with Crippen molar-refractivity contribution in [1.82, 2.24) is 19.7 Å². The number of hydrogen-bond acceptors (Lipinski definition) is 7. The van der Waals surface area contributed by atoms with Crippen LogP contribution in [0.3, 0.4) is 0 Å². The number of aryl methyl sites for hydroxylation is 2. The third-order valence-corrected chi connectivity index (χ3v) is 5.26. The van der Waals surface area contributed by atoms with Gasteiger partial charge in [-0.3, -0.25) is 0 Å². The van der Waals surface area contributed by atoms with E-state index in [9.17, 15) is 4.79 Å². The summed E-state index contributed by atoms with van der Waals surface area (Å²) < 4.78 is 18.7. The molecule has 0 saturated heterocycles. The maximum atomic E-state index is 13.1. The molecule has 162 valence electrons. The second-order valence-electron chi connectivity index (χ2n) is 7.95. The molecule has 0 amide bonds. The first kappa shape index (κ1) is 20.0. The Morgan fingerprint density at radius 3 is 2.66 bits per heavy atom. The molecule has 1 aromatic carbocycles. The molecule has 0 aliphatic heterocycles. The molecule has 0 aliphatic rings. The molecule has 32 heavy (non-hydrogen) atoms. The fraction of sp³-hybridized carbons (Fsp3) is 0.250. The number of benzene rings is 1. The van der Waals surface area contributed by atoms with Gasteiger partial charge in [0.2, 0.25) is 5.89 Å². The zero-order valence-electron chi connectivity index (χ0n) is 18.2. The minimum Gasteiger partial charge on any atom is -0.466 e. The van der Waals surface area contributed by atoms with Crippen molar-refractivity contribution in [3.05, 3.63) is 65.6 Å². The molecule has 0 radical (unpaired) electrons. The molecule has 0 fully saturated rings. The number of hydrogen-bond donors (Lipinski definition) is 0. The van der Waals surface area contributed by atoms with Gasteiger partial charge in [0.25, 0.3) is 0 Å². The monoisotopic (exact) mass is 430 g/mol. The number of carbonyl (C=O) groups excluding carboxylic acids is 1. The number of ether oxygens (including phenoxy) is 1. The van der Waals surface area contributed by atoms with Crippen LogP contribution in [0.2, 0.25) is 0 Å². The third-order valence-electron chi connectivity index (χ3n) is 5.26. The number of oxazole rings is 1. The first-order chi connectivity index (χ1) is 15.4. The summed E-state index contributed by atoms with van der Waals surface area (Å²) in [4.78, 5) is 22.3. The zero-order chi connectivity index (χ0) is 22.4. The first-order valence-corrected chi connectivity index (χ1v) is 10.4. The highest BCUT2D eigenvalue weighted by atomic mass is 16.5. The molecule has 0 unspecified atom stereocenters. The van der Waals surface area contributed by atoms with Crippen molar-refractivity contribution < 1.29 is 18.4 Å². The number of esters is 1. The van der Waals surface area contributed by atoms with Gasteiger partial charge >= 0.3 is 5.97 Å². The fourth-order valence-electron chi connectivity index (χ4n) is 3.77. The highest BCUT2D eigenvalue weighted by Crippen LogP contribution is 2.30. The molecule has 0 N–H and O–H groups in total. The van der Waals surface area contributed by atoms with Gasteiger partial charge < -0.3 is 13.6 Å². The van der Waals surface area contributed by atoms with Crippen LogP contribution in [-0.2, 0) is 11.3 Å². The fourth-order valence-corrected chi connectivity index (χ4v) is 3.77. The Hall–Kier alpha value is -3.94. The van der Waals surface area contributed by atoms with Gasteiger partial charge in [-0.05, 0) is 52.0 Å². The largest absolute Gasteiger partial charge is 0.466 e. The summed E-state index contributed by atoms with van der Waals surface area (Å²) in [7, 11) is 0. The lowest BCUT2D eigenvalue weighted by atomic mass is 10.1. The number of fused-ring (bicyclic) bond motifs is 2. The highest BCUT2D eigenvalue weighted by Gasteiger charge is 2.21. The first-order valence-electron chi connectivity index (χ1n) is 10.4. The summed E-state index contributed by atoms with van der Waals surface area (Å²) in [6.45, 7) is 7.70. The number of aromatic nitrogens is 4. The predicted molar refractivity (Wildman–Crippen MR) is 118 cm³/mol. The van der Waals surface area contributed by atoms with Crippen molar-refractivity contribution in [1.29, 1.82) is 0 Å². The molecule has 5 rings (SSSR count). The lowest BCUT2D eigenvalue weighted by Crippen LogP contribution is -2.08. The number of rotatable bonds is 5. The lowest BCUT2D eigenvalue weighted by molar-refractivity contribution is 0.0442. The average Bonchev–Trinajstić information content (AvgIpc) is 3.46. The van der Waals surface area contributed by atoms with Crippen LogP contribution >= 0.6 is 0 Å². The minimum absolute atomic E-state index is 0.0746. The topological polar surface area (TPSA) is 96.2 Å². The summed E-state index contributed by atoms with van der Waals surface area (Å²) in [6, 6.07) is 11.1. The van der Waals surface area contributed by atoms with E-state index in [0.29, 0.717) is 33.8 Å². The molecule has 0 bridgehead atoms. The van der Waals surface area contributed by atoms with E-state index >= 15 is 0 Å². The van der Waals surface area contributed by atoms with Crippen molar-refractivity contribution in [2.24, 2.45) is 0 Å². The molecule has 0 spiro atoms. The average molecular weight is 430 g/mol. The zero-order valence-corrected chi connectivity index (χ0v) is 18.2. The van der Waals surface area contributed by atoms with Crippen LogP contribution in [0, 0.1) is 13.8 Å². The Morgan fingerprint density at radius 1 is 1.12 bits per heavy atom. The summed E-state index contributed by atoms with van der Waals surface area (Å²) in [5, 5.41) is 5.07. The highest BCUT2D eigenvalue weighted by molar-refractivity contribution is 6.03. The van der Waals surface area contributed by atoms with Gasteiger partial charge in [0.1, 0.15) is 17.0 Å². The van der Waals surface area contributed by atoms with Gasteiger partial charge in [-0.1, -0.05) is 12.1 Å². The lowest BCUT2D eigenvalue weighted by Gasteiger charge is -2.10. The maximum Gasteiger partial charge on any atom is 0.339 e. The van der Waals surface area contributed by atoms with Crippen molar-refractivity contribution in [3.63, 3.8) is 0 Å². The van der Waals surface area contributed by atoms with Crippen molar-refractivity contribution in [2.75, 3.05) is 0 Å². The summed E-state index contributed by atoms with van der Waals surface area (Å²) in [6.07, 6.45) is 1.65. The van der Waals surface area contributed by atoms with Crippen LogP contribution < -0.4 is 0 Å². The Morgan fingerprint density at radius 2 is 1.94 bits per heavy atom. The van der Waals surface area contributed by atoms with Crippen molar-refractivity contribution in [2.45, 2.75) is 40.3 Å². The van der Waals surface area contributed by atoms with E-state index in [1.807, 2.05) is 58.0 Å². The van der Waals surface area contributed by atoms with E-state index in [2.05, 4.69) is 10.1 Å². The normalized spacial score (nSPS) is 11.7. The van der Waals surface area contributed by atoms with Crippen LogP contribution in [0.4, 0.5) is 0 Å². The molecular weight excluding hydrogens is 408 g/mol. The second-order valence-corrected chi connectivity index (χ2v) is 7.95. The smallest absolute Gasteiger partial charge is 0.339 e. The van der Waals surface area contributed by atoms with E-state index in [1.54, 1.807) is 16.9 Å². The van der Waals surface area contributed by atoms with Gasteiger partial charge in [0.05, 0.1) is 22.8 Å². The molecule has 8 nitrogen and oxygen atoms in total. The number of carbonyl (C=O) groups is 1. The van der Waals surface area contributed by atoms with Crippen LogP contribution in [0.15, 0.2) is 51.4 Å². The van der Waals surface area contributed by atoms with Crippen LogP contribution in [0.25, 0.3) is 33.4 Å². The second kappa shape index (κ2) is 7.64. The number of para-hydroxylation sites is 2. The molecule has 8 heteroatoms. The van der Waals surface area contributed by atoms with Crippen LogP contribution in [0.5, 0.6) is 0 Å². The Kier molecular flexibility index (Phi) is 4.77. The Labute approximate surface area is 183 Å². The standard InChI is InChI=1S/C24H22N4O4/c1-13(2)28-23-18(11-25-28)17(10-20(27-23)16-9-14(3)31-15(16)4)24(29)30-12-22-26-19-7-5-6-8-21(19)32-22/h5-11,13H,12H2,1-4H3. The van der Waals surface area contributed by atoms with Gasteiger partial charge in [0, 0.05) is 11.6 Å². The van der Waals surface area contributed by atoms with E-state index in [4.69, 9.17) is 18.6 Å². The molecule has 0 saturated carbocycles. The van der Waals surface area contributed by atoms with Gasteiger partial charge in [-0.25, -0.2) is 19.4 Å². The minimum atomic E-state index is -0.498. The van der Waals surface area contributed by atoms with Crippen LogP contribution in [-0.4, -0.2) is 25.7 Å². The van der Waals surface area contributed by atoms with Gasteiger partial charge in [-0.2, -0.15) is 5.10 Å². The number of pyridine rings is 1. The summed E-state index contributed by atoms with van der Waals surface area (Å²) >= 11 is 0. The molecular formula is C24H22N4O4. The molecule has 4 heterocycles. The summed E-state index contributed by atoms with van der Waals surface area (Å²) in [5.74, 6) is 1.35.